The smallest absolute Gasteiger partial charge is 0.282 e. The van der Waals surface area contributed by atoms with Crippen LogP contribution < -0.4 is 10.6 Å². The van der Waals surface area contributed by atoms with Crippen LogP contribution in [0, 0.1) is 5.92 Å². The van der Waals surface area contributed by atoms with E-state index in [0.717, 1.165) is 32.2 Å². The van der Waals surface area contributed by atoms with Crippen molar-refractivity contribution in [1.29, 1.82) is 0 Å². The van der Waals surface area contributed by atoms with Crippen LogP contribution in [-0.2, 0) is 19.7 Å². The van der Waals surface area contributed by atoms with E-state index in [-0.39, 0.29) is 42.4 Å². The van der Waals surface area contributed by atoms with Crippen LogP contribution in [0.15, 0.2) is 0 Å². The zero-order valence-electron chi connectivity index (χ0n) is 16.2. The first-order valence-electron chi connectivity index (χ1n) is 9.77. The Hall–Kier alpha value is -0.450. The zero-order chi connectivity index (χ0) is 18.7. The van der Waals surface area contributed by atoms with Crippen LogP contribution in [-0.4, -0.2) is 80.5 Å². The lowest BCUT2D eigenvalue weighted by Gasteiger charge is -2.41. The number of ether oxygens (including phenoxy) is 1. The zero-order valence-corrected chi connectivity index (χ0v) is 17.9. The first kappa shape index (κ1) is 22.8. The Bertz CT molecular complexity index is 600. The lowest BCUT2D eigenvalue weighted by Crippen LogP contribution is -2.57. The average Bonchev–Trinajstić information content (AvgIpc) is 3.16. The van der Waals surface area contributed by atoms with E-state index in [1.54, 1.807) is 8.61 Å². The monoisotopic (exact) mass is 424 g/mol. The summed E-state index contributed by atoms with van der Waals surface area (Å²) < 4.78 is 34.9. The highest BCUT2D eigenvalue weighted by Crippen LogP contribution is 2.24. The van der Waals surface area contributed by atoms with Crippen molar-refractivity contribution in [3.05, 3.63) is 0 Å². The third kappa shape index (κ3) is 5.55. The number of amides is 1. The van der Waals surface area contributed by atoms with Crippen molar-refractivity contribution in [2.45, 2.75) is 57.7 Å². The lowest BCUT2D eigenvalue weighted by atomic mass is 9.99. The van der Waals surface area contributed by atoms with Crippen molar-refractivity contribution in [1.82, 2.24) is 19.2 Å². The van der Waals surface area contributed by atoms with Crippen molar-refractivity contribution >= 4 is 28.5 Å². The van der Waals surface area contributed by atoms with Crippen molar-refractivity contribution < 1.29 is 17.9 Å². The van der Waals surface area contributed by atoms with Gasteiger partial charge in [-0.3, -0.25) is 4.79 Å². The first-order valence-corrected chi connectivity index (χ1v) is 11.2. The molecule has 0 saturated carbocycles. The maximum Gasteiger partial charge on any atom is 0.282 e. The van der Waals surface area contributed by atoms with Gasteiger partial charge in [0.05, 0.1) is 18.8 Å². The quantitative estimate of drug-likeness (QED) is 0.664. The fourth-order valence-electron chi connectivity index (χ4n) is 4.02. The van der Waals surface area contributed by atoms with E-state index in [4.69, 9.17) is 4.74 Å². The van der Waals surface area contributed by atoms with Gasteiger partial charge >= 0.3 is 0 Å². The lowest BCUT2D eigenvalue weighted by molar-refractivity contribution is -0.123. The molecule has 2 N–H and O–H groups in total. The fraction of sp³-hybridized carbons (Fsp3) is 0.941. The number of halogens is 1. The molecule has 3 saturated heterocycles. The topological polar surface area (TPSA) is 91.0 Å². The molecule has 27 heavy (non-hydrogen) atoms. The molecule has 0 spiro atoms. The van der Waals surface area contributed by atoms with E-state index in [2.05, 4.69) is 10.6 Å². The normalized spacial score (nSPS) is 33.4. The number of rotatable bonds is 5. The Balaban J connectivity index is 0.00000261. The summed E-state index contributed by atoms with van der Waals surface area (Å²) in [7, 11) is -3.49. The van der Waals surface area contributed by atoms with E-state index >= 15 is 0 Å². The Kier molecular flexibility index (Phi) is 8.33. The maximum atomic E-state index is 13.1. The van der Waals surface area contributed by atoms with Gasteiger partial charge in [0.2, 0.25) is 5.91 Å². The van der Waals surface area contributed by atoms with Gasteiger partial charge in [-0.2, -0.15) is 17.0 Å². The average molecular weight is 425 g/mol. The molecule has 0 aliphatic carbocycles. The van der Waals surface area contributed by atoms with Crippen LogP contribution >= 0.6 is 12.4 Å². The number of carbonyl (C=O) groups is 1. The van der Waals surface area contributed by atoms with Crippen molar-refractivity contribution in [3.8, 4) is 0 Å². The summed E-state index contributed by atoms with van der Waals surface area (Å²) in [6.07, 6.45) is 3.60. The summed E-state index contributed by atoms with van der Waals surface area (Å²) in [6.45, 7) is 7.08. The molecule has 158 valence electrons. The summed E-state index contributed by atoms with van der Waals surface area (Å²) in [6, 6.07) is -0.237. The van der Waals surface area contributed by atoms with Crippen molar-refractivity contribution in [2.75, 3.05) is 39.3 Å². The molecule has 0 bridgehead atoms. The second-order valence-electron chi connectivity index (χ2n) is 7.83. The molecule has 4 atom stereocenters. The number of carbonyl (C=O) groups excluding carboxylic acids is 1. The molecule has 0 aromatic carbocycles. The summed E-state index contributed by atoms with van der Waals surface area (Å²) in [5.74, 6) is 0.204. The highest BCUT2D eigenvalue weighted by atomic mass is 35.5. The van der Waals surface area contributed by atoms with Crippen molar-refractivity contribution in [2.24, 2.45) is 5.92 Å². The van der Waals surface area contributed by atoms with Crippen molar-refractivity contribution in [3.63, 3.8) is 0 Å². The second kappa shape index (κ2) is 9.84. The minimum atomic E-state index is -3.49. The van der Waals surface area contributed by atoms with Crippen LogP contribution in [0.4, 0.5) is 0 Å². The second-order valence-corrected chi connectivity index (χ2v) is 9.71. The first-order chi connectivity index (χ1) is 12.4. The highest BCUT2D eigenvalue weighted by Gasteiger charge is 2.39. The molecule has 3 aliphatic rings. The predicted molar refractivity (Wildman–Crippen MR) is 106 cm³/mol. The van der Waals surface area contributed by atoms with E-state index in [1.165, 1.54) is 0 Å². The number of nitrogens with one attached hydrogen (secondary N) is 2. The summed E-state index contributed by atoms with van der Waals surface area (Å²) in [5.41, 5.74) is 0. The summed E-state index contributed by atoms with van der Waals surface area (Å²) >= 11 is 0. The maximum absolute atomic E-state index is 13.1. The van der Waals surface area contributed by atoms with Gasteiger partial charge in [-0.15, -0.1) is 12.4 Å². The fourth-order valence-corrected chi connectivity index (χ4v) is 5.99. The van der Waals surface area contributed by atoms with Gasteiger partial charge in [0.25, 0.3) is 10.2 Å². The summed E-state index contributed by atoms with van der Waals surface area (Å²) in [4.78, 5) is 12.2. The Morgan fingerprint density at radius 1 is 1.22 bits per heavy atom. The molecule has 3 heterocycles. The number of piperidine rings is 1. The Morgan fingerprint density at radius 2 is 2.00 bits per heavy atom. The molecular formula is C17H33ClN4O4S. The SMILES string of the molecule is CC1CN(S(=O)(=O)N2CCCC(CNC(=O)C3CCCN3)C2)C(C)CO1.Cl. The van der Waals surface area contributed by atoms with Gasteiger partial charge in [-0.05, 0) is 52.0 Å². The molecule has 4 unspecified atom stereocenters. The van der Waals surface area contributed by atoms with Gasteiger partial charge in [0.1, 0.15) is 0 Å². The molecule has 10 heteroatoms. The third-order valence-corrected chi connectivity index (χ3v) is 7.68. The van der Waals surface area contributed by atoms with Gasteiger partial charge in [-0.1, -0.05) is 0 Å². The summed E-state index contributed by atoms with van der Waals surface area (Å²) in [5, 5.41) is 6.20. The largest absolute Gasteiger partial charge is 0.375 e. The standard InChI is InChI=1S/C17H32N4O4S.ClH/c1-13-12-25-14(2)10-21(13)26(23,24)20-8-4-5-15(11-20)9-19-17(22)16-6-3-7-18-16;/h13-16,18H,3-12H2,1-2H3,(H,19,22);1H. The highest BCUT2D eigenvalue weighted by molar-refractivity contribution is 7.86. The minimum absolute atomic E-state index is 0. The molecule has 1 amide bonds. The number of nitrogens with zero attached hydrogens (tertiary/aromatic N) is 2. The Labute approximate surface area is 169 Å². The van der Waals surface area contributed by atoms with E-state index < -0.39 is 10.2 Å². The third-order valence-electron chi connectivity index (χ3n) is 5.60. The number of morpholine rings is 1. The van der Waals surface area contributed by atoms with Crippen LogP contribution in [0.25, 0.3) is 0 Å². The predicted octanol–water partition coefficient (Wildman–Crippen LogP) is 0.342. The molecular weight excluding hydrogens is 392 g/mol. The van der Waals surface area contributed by atoms with E-state index in [1.807, 2.05) is 13.8 Å². The Morgan fingerprint density at radius 3 is 2.70 bits per heavy atom. The van der Waals surface area contributed by atoms with E-state index in [9.17, 15) is 13.2 Å². The molecule has 0 aromatic rings. The minimum Gasteiger partial charge on any atom is -0.375 e. The van der Waals surface area contributed by atoms with Gasteiger partial charge in [0.15, 0.2) is 0 Å². The van der Waals surface area contributed by atoms with E-state index in [0.29, 0.717) is 32.8 Å². The van der Waals surface area contributed by atoms with Gasteiger partial charge in [-0.25, -0.2) is 0 Å². The molecule has 8 nitrogen and oxygen atoms in total. The number of hydrogen-bond donors (Lipinski definition) is 2. The van der Waals surface area contributed by atoms with Crippen LogP contribution in [0.2, 0.25) is 0 Å². The molecule has 3 rings (SSSR count). The van der Waals surface area contributed by atoms with Gasteiger partial charge < -0.3 is 15.4 Å². The number of hydrogen-bond acceptors (Lipinski definition) is 5. The molecule has 3 fully saturated rings. The molecule has 0 aromatic heterocycles. The van der Waals surface area contributed by atoms with Crippen LogP contribution in [0.5, 0.6) is 0 Å². The molecule has 0 radical (unpaired) electrons. The van der Waals surface area contributed by atoms with Crippen LogP contribution in [0.1, 0.15) is 39.5 Å². The van der Waals surface area contributed by atoms with Crippen LogP contribution in [0.3, 0.4) is 0 Å². The van der Waals surface area contributed by atoms with Gasteiger partial charge in [0, 0.05) is 32.2 Å². The molecule has 3 aliphatic heterocycles.